The largest absolute Gasteiger partial charge is 0.381 e. The fraction of sp³-hybridized carbons (Fsp3) is 0.267. The highest BCUT2D eigenvalue weighted by Crippen LogP contribution is 2.30. The number of hydrogen-bond donors (Lipinski definition) is 1. The van der Waals surface area contributed by atoms with E-state index in [1.807, 2.05) is 29.1 Å². The Morgan fingerprint density at radius 2 is 1.95 bits per heavy atom. The summed E-state index contributed by atoms with van der Waals surface area (Å²) in [6, 6.07) is 8.04. The maximum atomic E-state index is 6.00. The van der Waals surface area contributed by atoms with Gasteiger partial charge in [-0.3, -0.25) is 4.98 Å². The van der Waals surface area contributed by atoms with Gasteiger partial charge in [0.2, 0.25) is 0 Å². The molecule has 0 bridgehead atoms. The Morgan fingerprint density at radius 3 is 2.70 bits per heavy atom. The van der Waals surface area contributed by atoms with E-state index in [9.17, 15) is 0 Å². The van der Waals surface area contributed by atoms with E-state index in [-0.39, 0.29) is 5.41 Å². The lowest BCUT2D eigenvalue weighted by Crippen LogP contribution is -2.19. The van der Waals surface area contributed by atoms with Crippen molar-refractivity contribution < 1.29 is 0 Å². The number of pyridine rings is 1. The summed E-state index contributed by atoms with van der Waals surface area (Å²) < 4.78 is 1.82. The van der Waals surface area contributed by atoms with Crippen LogP contribution in [0.2, 0.25) is 0 Å². The molecule has 3 aromatic rings. The van der Waals surface area contributed by atoms with E-state index < -0.39 is 0 Å². The van der Waals surface area contributed by atoms with E-state index in [0.29, 0.717) is 5.82 Å². The van der Waals surface area contributed by atoms with E-state index in [1.54, 1.807) is 6.20 Å². The molecule has 0 aliphatic carbocycles. The second-order valence-corrected chi connectivity index (χ2v) is 5.86. The van der Waals surface area contributed by atoms with Crippen LogP contribution in [0.5, 0.6) is 0 Å². The molecule has 2 N–H and O–H groups in total. The predicted octanol–water partition coefficient (Wildman–Crippen LogP) is 2.70. The van der Waals surface area contributed by atoms with Crippen molar-refractivity contribution in [2.24, 2.45) is 0 Å². The van der Waals surface area contributed by atoms with Gasteiger partial charge in [0, 0.05) is 23.2 Å². The zero-order valence-corrected chi connectivity index (χ0v) is 11.8. The van der Waals surface area contributed by atoms with Crippen LogP contribution in [0, 0.1) is 0 Å². The Kier molecular flexibility index (Phi) is 2.71. The fourth-order valence-corrected chi connectivity index (χ4v) is 2.45. The molecular formula is C15H17N5. The van der Waals surface area contributed by atoms with Gasteiger partial charge in [-0.2, -0.15) is 0 Å². The topological polar surface area (TPSA) is 69.6 Å². The molecule has 0 atom stereocenters. The number of anilines is 1. The van der Waals surface area contributed by atoms with Gasteiger partial charge in [-0.05, 0) is 17.5 Å². The first-order valence-electron chi connectivity index (χ1n) is 6.53. The molecule has 20 heavy (non-hydrogen) atoms. The Hall–Kier alpha value is -2.43. The van der Waals surface area contributed by atoms with Crippen LogP contribution in [0.25, 0.3) is 16.5 Å². The van der Waals surface area contributed by atoms with Gasteiger partial charge in [-0.1, -0.05) is 38.1 Å². The summed E-state index contributed by atoms with van der Waals surface area (Å²) in [4.78, 5) is 4.20. The third kappa shape index (κ3) is 1.91. The molecule has 0 unspecified atom stereocenters. The highest BCUT2D eigenvalue weighted by atomic mass is 15.4. The molecule has 0 fully saturated rings. The van der Waals surface area contributed by atoms with Crippen LogP contribution < -0.4 is 5.73 Å². The lowest BCUT2D eigenvalue weighted by atomic mass is 9.91. The highest BCUT2D eigenvalue weighted by Gasteiger charge is 2.25. The minimum Gasteiger partial charge on any atom is -0.381 e. The summed E-state index contributed by atoms with van der Waals surface area (Å²) in [5.74, 6) is 0.471. The van der Waals surface area contributed by atoms with Crippen molar-refractivity contribution in [2.75, 3.05) is 5.73 Å². The van der Waals surface area contributed by atoms with E-state index >= 15 is 0 Å². The van der Waals surface area contributed by atoms with Crippen LogP contribution in [0.15, 0.2) is 36.7 Å². The van der Waals surface area contributed by atoms with Crippen LogP contribution in [-0.2, 0) is 5.41 Å². The second-order valence-electron chi connectivity index (χ2n) is 5.86. The number of nitrogens with two attached hydrogens (primary N) is 1. The number of fused-ring (bicyclic) bond motifs is 1. The van der Waals surface area contributed by atoms with Crippen LogP contribution in [0.1, 0.15) is 26.5 Å². The lowest BCUT2D eigenvalue weighted by molar-refractivity contribution is 0.545. The van der Waals surface area contributed by atoms with E-state index in [0.717, 1.165) is 22.2 Å². The molecule has 2 aromatic heterocycles. The zero-order chi connectivity index (χ0) is 14.3. The molecule has 0 amide bonds. The predicted molar refractivity (Wildman–Crippen MR) is 79.8 cm³/mol. The van der Waals surface area contributed by atoms with Crippen molar-refractivity contribution in [3.63, 3.8) is 0 Å². The molecule has 5 nitrogen and oxygen atoms in total. The first kappa shape index (κ1) is 12.6. The summed E-state index contributed by atoms with van der Waals surface area (Å²) in [6.07, 6.45) is 3.63. The van der Waals surface area contributed by atoms with Crippen LogP contribution >= 0.6 is 0 Å². The maximum Gasteiger partial charge on any atom is 0.170 e. The third-order valence-corrected chi connectivity index (χ3v) is 3.30. The molecule has 102 valence electrons. The number of nitrogen functional groups attached to an aromatic ring is 1. The monoisotopic (exact) mass is 267 g/mol. The van der Waals surface area contributed by atoms with Gasteiger partial charge in [0.25, 0.3) is 0 Å². The van der Waals surface area contributed by atoms with Crippen molar-refractivity contribution in [3.8, 4) is 5.69 Å². The van der Waals surface area contributed by atoms with Crippen molar-refractivity contribution in [1.82, 2.24) is 20.0 Å². The Labute approximate surface area is 117 Å². The minimum atomic E-state index is -0.141. The summed E-state index contributed by atoms with van der Waals surface area (Å²) in [5, 5.41) is 10.4. The summed E-state index contributed by atoms with van der Waals surface area (Å²) in [5.41, 5.74) is 7.72. The van der Waals surface area contributed by atoms with Gasteiger partial charge in [-0.15, -0.1) is 5.10 Å². The third-order valence-electron chi connectivity index (χ3n) is 3.30. The maximum absolute atomic E-state index is 6.00. The molecule has 0 aliphatic rings. The van der Waals surface area contributed by atoms with Crippen molar-refractivity contribution in [2.45, 2.75) is 26.2 Å². The minimum absolute atomic E-state index is 0.141. The van der Waals surface area contributed by atoms with E-state index in [2.05, 4.69) is 42.1 Å². The van der Waals surface area contributed by atoms with Gasteiger partial charge >= 0.3 is 0 Å². The number of benzene rings is 1. The van der Waals surface area contributed by atoms with Gasteiger partial charge in [0.05, 0.1) is 11.4 Å². The van der Waals surface area contributed by atoms with Gasteiger partial charge in [-0.25, -0.2) is 4.68 Å². The van der Waals surface area contributed by atoms with Gasteiger partial charge in [0.1, 0.15) is 0 Å². The standard InChI is InChI=1S/C15H17N5/c1-15(2,3)13-14(16)18-19-20(13)12-6-4-5-10-7-8-17-9-11(10)12/h4-9H,16H2,1-3H3. The Morgan fingerprint density at radius 1 is 1.15 bits per heavy atom. The second kappa shape index (κ2) is 4.30. The summed E-state index contributed by atoms with van der Waals surface area (Å²) in [6.45, 7) is 6.30. The van der Waals surface area contributed by atoms with Crippen molar-refractivity contribution in [3.05, 3.63) is 42.4 Å². The average Bonchev–Trinajstić information content (AvgIpc) is 2.80. The Balaban J connectivity index is 2.33. The van der Waals surface area contributed by atoms with E-state index in [1.165, 1.54) is 0 Å². The zero-order valence-electron chi connectivity index (χ0n) is 11.8. The molecule has 0 saturated carbocycles. The highest BCUT2D eigenvalue weighted by molar-refractivity contribution is 5.89. The number of hydrogen-bond acceptors (Lipinski definition) is 4. The molecule has 3 rings (SSSR count). The van der Waals surface area contributed by atoms with Gasteiger partial charge in [0.15, 0.2) is 5.82 Å². The molecule has 0 saturated heterocycles. The molecule has 0 aliphatic heterocycles. The smallest absolute Gasteiger partial charge is 0.170 e. The normalized spacial score (nSPS) is 11.9. The van der Waals surface area contributed by atoms with Crippen LogP contribution in [0.4, 0.5) is 5.82 Å². The van der Waals surface area contributed by atoms with Crippen LogP contribution in [-0.4, -0.2) is 20.0 Å². The number of rotatable bonds is 1. The molecule has 1 aromatic carbocycles. The molecule has 0 spiro atoms. The van der Waals surface area contributed by atoms with Crippen LogP contribution in [0.3, 0.4) is 0 Å². The molecular weight excluding hydrogens is 250 g/mol. The van der Waals surface area contributed by atoms with E-state index in [4.69, 9.17) is 5.73 Å². The Bertz CT molecular complexity index is 762. The fourth-order valence-electron chi connectivity index (χ4n) is 2.45. The summed E-state index contributed by atoms with van der Waals surface area (Å²) in [7, 11) is 0. The molecule has 2 heterocycles. The lowest BCUT2D eigenvalue weighted by Gasteiger charge is -2.20. The SMILES string of the molecule is CC(C)(C)c1c(N)nnn1-c1cccc2ccncc12. The van der Waals surface area contributed by atoms with Gasteiger partial charge < -0.3 is 5.73 Å². The quantitative estimate of drug-likeness (QED) is 0.736. The summed E-state index contributed by atoms with van der Waals surface area (Å²) >= 11 is 0. The number of nitrogens with zero attached hydrogens (tertiary/aromatic N) is 4. The van der Waals surface area contributed by atoms with Crippen molar-refractivity contribution in [1.29, 1.82) is 0 Å². The first-order valence-corrected chi connectivity index (χ1v) is 6.53. The van der Waals surface area contributed by atoms with Crippen molar-refractivity contribution >= 4 is 16.6 Å². The average molecular weight is 267 g/mol. The first-order chi connectivity index (χ1) is 9.48. The number of aromatic nitrogens is 4. The molecule has 0 radical (unpaired) electrons. The molecule has 5 heteroatoms.